The topological polar surface area (TPSA) is 4.93 Å². The molecule has 0 saturated heterocycles. The first-order valence-electron chi connectivity index (χ1n) is 11.4. The SMILES string of the molecule is c1ccc2c(c1)Cc1cc3c4ccccc4n(-c4ccc5sc6ccccc6c5c4)c3cc1-2. The van der Waals surface area contributed by atoms with Crippen LogP contribution in [0, 0.1) is 0 Å². The monoisotopic (exact) mass is 437 g/mol. The highest BCUT2D eigenvalue weighted by molar-refractivity contribution is 7.25. The summed E-state index contributed by atoms with van der Waals surface area (Å²) in [6.45, 7) is 0. The minimum atomic E-state index is 1.02. The van der Waals surface area contributed by atoms with Crippen LogP contribution in [0.5, 0.6) is 0 Å². The first-order chi connectivity index (χ1) is 16.3. The summed E-state index contributed by atoms with van der Waals surface area (Å²) in [5.74, 6) is 0. The third kappa shape index (κ3) is 2.36. The number of hydrogen-bond donors (Lipinski definition) is 0. The van der Waals surface area contributed by atoms with E-state index in [0.717, 1.165) is 6.42 Å². The van der Waals surface area contributed by atoms with E-state index in [9.17, 15) is 0 Å². The van der Waals surface area contributed by atoms with Gasteiger partial charge < -0.3 is 4.57 Å². The number of fused-ring (bicyclic) bond motifs is 9. The standard InChI is InChI=1S/C31H19NS/c1-2-8-22-19(7-1)15-20-16-26-23-9-3-5-11-28(23)32(29(26)18-25(20)22)21-13-14-31-27(17-21)24-10-4-6-12-30(24)33-31/h1-14,16-18H,15H2. The summed E-state index contributed by atoms with van der Waals surface area (Å²) in [6, 6.07) is 38.2. The number of aromatic nitrogens is 1. The zero-order valence-electron chi connectivity index (χ0n) is 17.9. The maximum atomic E-state index is 2.46. The van der Waals surface area contributed by atoms with Crippen LogP contribution < -0.4 is 0 Å². The Labute approximate surface area is 195 Å². The van der Waals surface area contributed by atoms with Gasteiger partial charge in [0.15, 0.2) is 0 Å². The van der Waals surface area contributed by atoms with E-state index in [2.05, 4.69) is 108 Å². The Kier molecular flexibility index (Phi) is 3.39. The van der Waals surface area contributed by atoms with Gasteiger partial charge >= 0.3 is 0 Å². The average Bonchev–Trinajstić information content (AvgIpc) is 3.51. The zero-order valence-corrected chi connectivity index (χ0v) is 18.7. The van der Waals surface area contributed by atoms with E-state index < -0.39 is 0 Å². The molecule has 0 saturated carbocycles. The van der Waals surface area contributed by atoms with Crippen LogP contribution in [0.2, 0.25) is 0 Å². The lowest BCUT2D eigenvalue weighted by Gasteiger charge is -2.10. The summed E-state index contributed by atoms with van der Waals surface area (Å²) in [5.41, 5.74) is 9.40. The predicted molar refractivity (Wildman–Crippen MR) is 142 cm³/mol. The maximum Gasteiger partial charge on any atom is 0.0547 e. The van der Waals surface area contributed by atoms with E-state index in [0.29, 0.717) is 0 Å². The summed E-state index contributed by atoms with van der Waals surface area (Å²) >= 11 is 1.87. The minimum absolute atomic E-state index is 1.02. The molecule has 0 amide bonds. The number of para-hydroxylation sites is 1. The quantitative estimate of drug-likeness (QED) is 0.242. The predicted octanol–water partition coefficient (Wildman–Crippen LogP) is 8.72. The Bertz CT molecular complexity index is 1900. The minimum Gasteiger partial charge on any atom is -0.309 e. The number of thiophene rings is 1. The van der Waals surface area contributed by atoms with Gasteiger partial charge in [-0.05, 0) is 71.1 Å². The van der Waals surface area contributed by atoms with Gasteiger partial charge in [-0.25, -0.2) is 0 Å². The van der Waals surface area contributed by atoms with Gasteiger partial charge in [-0.2, -0.15) is 0 Å². The van der Waals surface area contributed by atoms with Gasteiger partial charge in [0, 0.05) is 36.6 Å². The first-order valence-corrected chi connectivity index (χ1v) is 12.2. The van der Waals surface area contributed by atoms with Crippen molar-refractivity contribution in [3.8, 4) is 16.8 Å². The Morgan fingerprint density at radius 2 is 1.30 bits per heavy atom. The molecule has 0 unspecified atom stereocenters. The van der Waals surface area contributed by atoms with Crippen molar-refractivity contribution in [1.82, 2.24) is 4.57 Å². The second-order valence-electron chi connectivity index (χ2n) is 8.99. The van der Waals surface area contributed by atoms with Crippen LogP contribution in [-0.2, 0) is 6.42 Å². The fourth-order valence-electron chi connectivity index (χ4n) is 5.73. The van der Waals surface area contributed by atoms with E-state index in [1.165, 1.54) is 69.9 Å². The van der Waals surface area contributed by atoms with Crippen molar-refractivity contribution in [2.24, 2.45) is 0 Å². The summed E-state index contributed by atoms with van der Waals surface area (Å²) < 4.78 is 5.15. The van der Waals surface area contributed by atoms with Crippen molar-refractivity contribution in [3.05, 3.63) is 114 Å². The number of rotatable bonds is 1. The zero-order chi connectivity index (χ0) is 21.5. The Hall–Kier alpha value is -3.88. The summed E-state index contributed by atoms with van der Waals surface area (Å²) in [4.78, 5) is 0. The molecule has 5 aromatic carbocycles. The molecule has 0 bridgehead atoms. The van der Waals surface area contributed by atoms with Crippen LogP contribution in [0.15, 0.2) is 103 Å². The van der Waals surface area contributed by atoms with Crippen LogP contribution in [-0.4, -0.2) is 4.57 Å². The second-order valence-corrected chi connectivity index (χ2v) is 10.1. The molecule has 2 aromatic heterocycles. The molecule has 7 aromatic rings. The van der Waals surface area contributed by atoms with Crippen molar-refractivity contribution < 1.29 is 0 Å². The van der Waals surface area contributed by atoms with Crippen LogP contribution in [0.4, 0.5) is 0 Å². The molecule has 33 heavy (non-hydrogen) atoms. The largest absolute Gasteiger partial charge is 0.309 e. The van der Waals surface area contributed by atoms with Crippen LogP contribution >= 0.6 is 11.3 Å². The van der Waals surface area contributed by atoms with Gasteiger partial charge in [0.25, 0.3) is 0 Å². The highest BCUT2D eigenvalue weighted by Crippen LogP contribution is 2.43. The number of nitrogens with zero attached hydrogens (tertiary/aromatic N) is 1. The molecule has 2 heteroatoms. The molecule has 0 atom stereocenters. The third-order valence-corrected chi connectivity index (χ3v) is 8.36. The van der Waals surface area contributed by atoms with Crippen molar-refractivity contribution in [2.75, 3.05) is 0 Å². The molecule has 0 fully saturated rings. The lowest BCUT2D eigenvalue weighted by atomic mass is 10.0. The summed E-state index contributed by atoms with van der Waals surface area (Å²) in [6.07, 6.45) is 1.02. The second kappa shape index (κ2) is 6.34. The van der Waals surface area contributed by atoms with Crippen LogP contribution in [0.3, 0.4) is 0 Å². The first kappa shape index (κ1) is 17.6. The fraction of sp³-hybridized carbons (Fsp3) is 0.0323. The molecule has 8 rings (SSSR count). The number of benzene rings is 5. The molecule has 154 valence electrons. The Morgan fingerprint density at radius 1 is 0.515 bits per heavy atom. The molecular weight excluding hydrogens is 418 g/mol. The smallest absolute Gasteiger partial charge is 0.0547 e. The lowest BCUT2D eigenvalue weighted by Crippen LogP contribution is -1.94. The molecule has 0 aliphatic heterocycles. The van der Waals surface area contributed by atoms with Crippen molar-refractivity contribution in [3.63, 3.8) is 0 Å². The molecule has 1 aliphatic rings. The van der Waals surface area contributed by atoms with Crippen LogP contribution in [0.25, 0.3) is 58.8 Å². The average molecular weight is 438 g/mol. The van der Waals surface area contributed by atoms with Gasteiger partial charge in [-0.3, -0.25) is 0 Å². The highest BCUT2D eigenvalue weighted by atomic mass is 32.1. The molecule has 2 heterocycles. The van der Waals surface area contributed by atoms with Crippen molar-refractivity contribution >= 4 is 53.3 Å². The molecule has 0 spiro atoms. The van der Waals surface area contributed by atoms with Gasteiger partial charge in [0.05, 0.1) is 11.0 Å². The maximum absolute atomic E-state index is 2.46. The fourth-order valence-corrected chi connectivity index (χ4v) is 6.82. The van der Waals surface area contributed by atoms with Gasteiger partial charge in [0.1, 0.15) is 0 Å². The molecule has 0 N–H and O–H groups in total. The van der Waals surface area contributed by atoms with E-state index in [1.54, 1.807) is 0 Å². The van der Waals surface area contributed by atoms with Gasteiger partial charge in [-0.15, -0.1) is 11.3 Å². The third-order valence-electron chi connectivity index (χ3n) is 7.20. The van der Waals surface area contributed by atoms with Crippen molar-refractivity contribution in [1.29, 1.82) is 0 Å². The van der Waals surface area contributed by atoms with Crippen molar-refractivity contribution in [2.45, 2.75) is 6.42 Å². The molecule has 0 radical (unpaired) electrons. The molecule has 1 nitrogen and oxygen atoms in total. The van der Waals surface area contributed by atoms with E-state index in [1.807, 2.05) is 11.3 Å². The molecule has 1 aliphatic carbocycles. The Morgan fingerprint density at radius 3 is 2.27 bits per heavy atom. The normalized spacial score (nSPS) is 12.7. The van der Waals surface area contributed by atoms with E-state index in [4.69, 9.17) is 0 Å². The van der Waals surface area contributed by atoms with Gasteiger partial charge in [-0.1, -0.05) is 60.7 Å². The van der Waals surface area contributed by atoms with E-state index >= 15 is 0 Å². The summed E-state index contributed by atoms with van der Waals surface area (Å²) in [5, 5.41) is 5.34. The highest BCUT2D eigenvalue weighted by Gasteiger charge is 2.22. The number of hydrogen-bond acceptors (Lipinski definition) is 1. The van der Waals surface area contributed by atoms with Gasteiger partial charge in [0.2, 0.25) is 0 Å². The summed E-state index contributed by atoms with van der Waals surface area (Å²) in [7, 11) is 0. The lowest BCUT2D eigenvalue weighted by molar-refractivity contribution is 1.18. The molecular formula is C31H19NS. The van der Waals surface area contributed by atoms with E-state index in [-0.39, 0.29) is 0 Å². The van der Waals surface area contributed by atoms with Crippen LogP contribution in [0.1, 0.15) is 11.1 Å². The Balaban J connectivity index is 1.48.